The molecular formula is C18H19N3O2. The average molecular weight is 309 g/mol. The molecule has 1 aromatic carbocycles. The molecule has 0 saturated carbocycles. The normalized spacial score (nSPS) is 11.6. The molecule has 1 amide bonds. The molecule has 2 aromatic rings. The Labute approximate surface area is 135 Å². The van der Waals surface area contributed by atoms with Gasteiger partial charge >= 0.3 is 0 Å². The van der Waals surface area contributed by atoms with Crippen molar-refractivity contribution in [2.24, 2.45) is 5.92 Å². The van der Waals surface area contributed by atoms with Crippen LogP contribution in [0.1, 0.15) is 25.0 Å². The molecule has 0 spiro atoms. The van der Waals surface area contributed by atoms with Crippen LogP contribution in [-0.2, 0) is 4.79 Å². The second-order valence-electron chi connectivity index (χ2n) is 5.60. The molecule has 0 radical (unpaired) electrons. The monoisotopic (exact) mass is 309 g/mol. The van der Waals surface area contributed by atoms with Gasteiger partial charge < -0.3 is 10.1 Å². The molecule has 5 heteroatoms. The number of benzene rings is 1. The molecule has 0 aliphatic heterocycles. The van der Waals surface area contributed by atoms with Crippen molar-refractivity contribution in [2.75, 3.05) is 5.32 Å². The molecule has 1 atom stereocenters. The van der Waals surface area contributed by atoms with Gasteiger partial charge in [0.1, 0.15) is 17.6 Å². The average Bonchev–Trinajstić information content (AvgIpc) is 2.52. The summed E-state index contributed by atoms with van der Waals surface area (Å²) in [6.45, 7) is 5.71. The number of carbonyl (C=O) groups is 1. The molecular weight excluding hydrogens is 290 g/mol. The first kappa shape index (κ1) is 16.5. The number of nitrogens with zero attached hydrogens (tertiary/aromatic N) is 2. The quantitative estimate of drug-likeness (QED) is 0.919. The Hall–Kier alpha value is -2.87. The Morgan fingerprint density at radius 1 is 1.30 bits per heavy atom. The van der Waals surface area contributed by atoms with Crippen molar-refractivity contribution >= 4 is 11.7 Å². The van der Waals surface area contributed by atoms with Crippen LogP contribution in [0.2, 0.25) is 0 Å². The zero-order valence-electron chi connectivity index (χ0n) is 13.4. The number of hydrogen-bond acceptors (Lipinski definition) is 4. The van der Waals surface area contributed by atoms with Gasteiger partial charge in [0.15, 0.2) is 6.10 Å². The number of anilines is 1. The van der Waals surface area contributed by atoms with Gasteiger partial charge in [-0.2, -0.15) is 5.26 Å². The predicted molar refractivity (Wildman–Crippen MR) is 88.0 cm³/mol. The lowest BCUT2D eigenvalue weighted by molar-refractivity contribution is -0.124. The van der Waals surface area contributed by atoms with E-state index in [-0.39, 0.29) is 11.8 Å². The third-order valence-electron chi connectivity index (χ3n) is 3.29. The summed E-state index contributed by atoms with van der Waals surface area (Å²) < 4.78 is 5.80. The third kappa shape index (κ3) is 4.30. The molecule has 0 fully saturated rings. The number of hydrogen-bond donors (Lipinski definition) is 1. The minimum Gasteiger partial charge on any atom is -0.479 e. The van der Waals surface area contributed by atoms with Gasteiger partial charge in [0.25, 0.3) is 5.91 Å². The van der Waals surface area contributed by atoms with E-state index in [0.29, 0.717) is 17.1 Å². The minimum absolute atomic E-state index is 0.0634. The summed E-state index contributed by atoms with van der Waals surface area (Å²) in [7, 11) is 0. The molecule has 1 heterocycles. The summed E-state index contributed by atoms with van der Waals surface area (Å²) in [4.78, 5) is 16.6. The number of ether oxygens (including phenoxy) is 1. The van der Waals surface area contributed by atoms with Gasteiger partial charge in [-0.15, -0.1) is 0 Å². The number of amides is 1. The third-order valence-corrected chi connectivity index (χ3v) is 3.29. The molecule has 2 rings (SSSR count). The van der Waals surface area contributed by atoms with Crippen LogP contribution >= 0.6 is 0 Å². The van der Waals surface area contributed by atoms with Gasteiger partial charge in [0, 0.05) is 6.20 Å². The molecule has 0 aliphatic rings. The highest BCUT2D eigenvalue weighted by Gasteiger charge is 2.25. The van der Waals surface area contributed by atoms with Crippen molar-refractivity contribution in [3.05, 3.63) is 53.7 Å². The zero-order chi connectivity index (χ0) is 16.8. The number of carbonyl (C=O) groups excluding carboxylic acids is 1. The maximum Gasteiger partial charge on any atom is 0.266 e. The van der Waals surface area contributed by atoms with Crippen molar-refractivity contribution in [2.45, 2.75) is 26.9 Å². The Bertz CT molecular complexity index is 735. The van der Waals surface area contributed by atoms with E-state index in [0.717, 1.165) is 5.56 Å². The molecule has 118 valence electrons. The summed E-state index contributed by atoms with van der Waals surface area (Å²) in [6, 6.07) is 12.6. The Morgan fingerprint density at radius 2 is 2.04 bits per heavy atom. The van der Waals surface area contributed by atoms with E-state index >= 15 is 0 Å². The SMILES string of the molecule is Cc1ccnc(NC(=O)C(Oc2ccccc2C#N)C(C)C)c1. The second kappa shape index (κ2) is 7.41. The molecule has 1 aromatic heterocycles. The van der Waals surface area contributed by atoms with Crippen LogP contribution in [0.15, 0.2) is 42.6 Å². The number of aryl methyl sites for hydroxylation is 1. The molecule has 1 unspecified atom stereocenters. The second-order valence-corrected chi connectivity index (χ2v) is 5.60. The first-order valence-corrected chi connectivity index (χ1v) is 7.40. The van der Waals surface area contributed by atoms with E-state index in [4.69, 9.17) is 10.00 Å². The minimum atomic E-state index is -0.716. The molecule has 1 N–H and O–H groups in total. The summed E-state index contributed by atoms with van der Waals surface area (Å²) in [5, 5.41) is 11.9. The van der Waals surface area contributed by atoms with E-state index < -0.39 is 6.10 Å². The van der Waals surface area contributed by atoms with E-state index in [2.05, 4.69) is 16.4 Å². The highest BCUT2D eigenvalue weighted by atomic mass is 16.5. The topological polar surface area (TPSA) is 75.0 Å². The smallest absolute Gasteiger partial charge is 0.266 e. The van der Waals surface area contributed by atoms with Crippen LogP contribution in [0.5, 0.6) is 5.75 Å². The largest absolute Gasteiger partial charge is 0.479 e. The molecule has 0 aliphatic carbocycles. The van der Waals surface area contributed by atoms with Crippen molar-refractivity contribution in [1.29, 1.82) is 5.26 Å². The first-order chi connectivity index (χ1) is 11.0. The van der Waals surface area contributed by atoms with Crippen LogP contribution in [0.25, 0.3) is 0 Å². The lowest BCUT2D eigenvalue weighted by Gasteiger charge is -2.22. The summed E-state index contributed by atoms with van der Waals surface area (Å²) in [5.74, 6) is 0.538. The molecule has 0 bridgehead atoms. The van der Waals surface area contributed by atoms with Gasteiger partial charge in [-0.05, 0) is 42.7 Å². The van der Waals surface area contributed by atoms with Crippen LogP contribution in [0, 0.1) is 24.2 Å². The van der Waals surface area contributed by atoms with Gasteiger partial charge in [0.2, 0.25) is 0 Å². The molecule has 23 heavy (non-hydrogen) atoms. The number of aromatic nitrogens is 1. The van der Waals surface area contributed by atoms with E-state index in [1.54, 1.807) is 36.5 Å². The number of nitrogens with one attached hydrogen (secondary N) is 1. The van der Waals surface area contributed by atoms with Gasteiger partial charge in [-0.1, -0.05) is 26.0 Å². The van der Waals surface area contributed by atoms with Crippen molar-refractivity contribution in [3.63, 3.8) is 0 Å². The fraction of sp³-hybridized carbons (Fsp3) is 0.278. The number of para-hydroxylation sites is 1. The fourth-order valence-electron chi connectivity index (χ4n) is 2.09. The van der Waals surface area contributed by atoms with Gasteiger partial charge in [-0.3, -0.25) is 4.79 Å². The van der Waals surface area contributed by atoms with Crippen LogP contribution in [0.4, 0.5) is 5.82 Å². The van der Waals surface area contributed by atoms with Crippen LogP contribution in [-0.4, -0.2) is 17.0 Å². The highest BCUT2D eigenvalue weighted by Crippen LogP contribution is 2.21. The number of pyridine rings is 1. The summed E-state index contributed by atoms with van der Waals surface area (Å²) >= 11 is 0. The van der Waals surface area contributed by atoms with E-state index in [1.165, 1.54) is 0 Å². The first-order valence-electron chi connectivity index (χ1n) is 7.40. The fourth-order valence-corrected chi connectivity index (χ4v) is 2.09. The van der Waals surface area contributed by atoms with Gasteiger partial charge in [0.05, 0.1) is 5.56 Å². The number of rotatable bonds is 5. The lowest BCUT2D eigenvalue weighted by atomic mass is 10.1. The maximum absolute atomic E-state index is 12.5. The Balaban J connectivity index is 2.18. The Morgan fingerprint density at radius 3 is 2.70 bits per heavy atom. The summed E-state index contributed by atoms with van der Waals surface area (Å²) in [5.41, 5.74) is 1.41. The van der Waals surface area contributed by atoms with E-state index in [1.807, 2.05) is 26.8 Å². The van der Waals surface area contributed by atoms with Crippen LogP contribution in [0.3, 0.4) is 0 Å². The standard InChI is InChI=1S/C18H19N3O2/c1-12(2)17(23-15-7-5-4-6-14(15)11-19)18(22)21-16-10-13(3)8-9-20-16/h4-10,12,17H,1-3H3,(H,20,21,22). The predicted octanol–water partition coefficient (Wildman–Crippen LogP) is 3.30. The molecule has 5 nitrogen and oxygen atoms in total. The zero-order valence-corrected chi connectivity index (χ0v) is 13.4. The number of nitriles is 1. The van der Waals surface area contributed by atoms with Crippen LogP contribution < -0.4 is 10.1 Å². The van der Waals surface area contributed by atoms with Crippen molar-refractivity contribution in [3.8, 4) is 11.8 Å². The highest BCUT2D eigenvalue weighted by molar-refractivity contribution is 5.93. The lowest BCUT2D eigenvalue weighted by Crippen LogP contribution is -2.37. The Kier molecular flexibility index (Phi) is 5.32. The van der Waals surface area contributed by atoms with Crippen molar-refractivity contribution in [1.82, 2.24) is 4.98 Å². The molecule has 0 saturated heterocycles. The van der Waals surface area contributed by atoms with Gasteiger partial charge in [-0.25, -0.2) is 4.98 Å². The van der Waals surface area contributed by atoms with E-state index in [9.17, 15) is 4.79 Å². The summed E-state index contributed by atoms with van der Waals surface area (Å²) in [6.07, 6.45) is 0.924. The van der Waals surface area contributed by atoms with Crippen molar-refractivity contribution < 1.29 is 9.53 Å². The maximum atomic E-state index is 12.5.